The summed E-state index contributed by atoms with van der Waals surface area (Å²) < 4.78 is 1.11. The van der Waals surface area contributed by atoms with E-state index in [1.807, 2.05) is 25.1 Å². The third kappa shape index (κ3) is 2.70. The molecule has 1 aromatic carbocycles. The number of rotatable bonds is 2. The largest absolute Gasteiger partial charge is 0.143 e. The van der Waals surface area contributed by atoms with Gasteiger partial charge in [-0.15, -0.1) is 22.9 Å². The normalized spacial score (nSPS) is 12.8. The molecule has 0 radical (unpaired) electrons. The Bertz CT molecular complexity index is 529. The zero-order valence-electron chi connectivity index (χ0n) is 9.43. The summed E-state index contributed by atoms with van der Waals surface area (Å²) in [6, 6.07) is 7.94. The molecule has 0 saturated carbocycles. The summed E-state index contributed by atoms with van der Waals surface area (Å²) in [4.78, 5) is 2.38. The average molecular weight is 350 g/mol. The van der Waals surface area contributed by atoms with Gasteiger partial charge in [-0.05, 0) is 53.0 Å². The minimum atomic E-state index is -0.135. The van der Waals surface area contributed by atoms with E-state index in [9.17, 15) is 0 Å². The van der Waals surface area contributed by atoms with E-state index in [1.165, 1.54) is 4.88 Å². The van der Waals surface area contributed by atoms with E-state index in [2.05, 4.69) is 28.9 Å². The molecular weight excluding hydrogens is 339 g/mol. The van der Waals surface area contributed by atoms with Crippen molar-refractivity contribution in [3.63, 3.8) is 0 Å². The van der Waals surface area contributed by atoms with Crippen LogP contribution in [0.15, 0.2) is 28.7 Å². The summed E-state index contributed by atoms with van der Waals surface area (Å²) in [6.45, 7) is 4.08. The van der Waals surface area contributed by atoms with Gasteiger partial charge < -0.3 is 0 Å². The Balaban J connectivity index is 2.43. The summed E-state index contributed by atoms with van der Waals surface area (Å²) in [6.07, 6.45) is 0. The number of alkyl halides is 1. The fourth-order valence-corrected chi connectivity index (χ4v) is 3.83. The Morgan fingerprint density at radius 2 is 2.00 bits per heavy atom. The van der Waals surface area contributed by atoms with Gasteiger partial charge in [-0.1, -0.05) is 23.7 Å². The molecular formula is C13H11BrCl2S. The molecule has 0 aliphatic rings. The summed E-state index contributed by atoms with van der Waals surface area (Å²) >= 11 is 17.9. The first kappa shape index (κ1) is 13.4. The number of hydrogen-bond donors (Lipinski definition) is 0. The second-order valence-electron chi connectivity index (χ2n) is 3.87. The van der Waals surface area contributed by atoms with Gasteiger partial charge >= 0.3 is 0 Å². The molecule has 0 aliphatic heterocycles. The molecule has 0 aliphatic carbocycles. The molecule has 0 spiro atoms. The van der Waals surface area contributed by atoms with Crippen LogP contribution in [0.3, 0.4) is 0 Å². The van der Waals surface area contributed by atoms with Crippen LogP contribution in [-0.4, -0.2) is 0 Å². The van der Waals surface area contributed by atoms with Crippen molar-refractivity contribution in [1.29, 1.82) is 0 Å². The molecule has 1 heterocycles. The fourth-order valence-electron chi connectivity index (χ4n) is 1.66. The monoisotopic (exact) mass is 348 g/mol. The molecule has 1 atom stereocenters. The Hall–Kier alpha value is -0.0200. The first-order valence-corrected chi connectivity index (χ1v) is 7.58. The molecule has 0 nitrogen and oxygen atoms in total. The highest BCUT2D eigenvalue weighted by molar-refractivity contribution is 9.10. The van der Waals surface area contributed by atoms with Crippen molar-refractivity contribution in [2.24, 2.45) is 0 Å². The smallest absolute Gasteiger partial charge is 0.0931 e. The minimum absolute atomic E-state index is 0.135. The lowest BCUT2D eigenvalue weighted by molar-refractivity contribution is 1.14. The molecule has 2 rings (SSSR count). The molecule has 2 aromatic rings. The molecule has 0 N–H and O–H groups in total. The van der Waals surface area contributed by atoms with Gasteiger partial charge in [0.25, 0.3) is 0 Å². The first-order chi connectivity index (χ1) is 8.00. The van der Waals surface area contributed by atoms with Crippen LogP contribution in [0.4, 0.5) is 0 Å². The molecule has 0 fully saturated rings. The van der Waals surface area contributed by atoms with Gasteiger partial charge in [-0.2, -0.15) is 0 Å². The standard InChI is InChI=1S/C13H11BrCl2S/c1-7-9(4-3-5-11(7)15)13(16)12-6-10(14)8(2)17-12/h3-6,13H,1-2H3. The van der Waals surface area contributed by atoms with Crippen molar-refractivity contribution in [3.8, 4) is 0 Å². The minimum Gasteiger partial charge on any atom is -0.143 e. The van der Waals surface area contributed by atoms with Gasteiger partial charge in [-0.3, -0.25) is 0 Å². The number of benzene rings is 1. The van der Waals surface area contributed by atoms with E-state index in [0.29, 0.717) is 0 Å². The van der Waals surface area contributed by atoms with Crippen molar-refractivity contribution in [2.45, 2.75) is 19.2 Å². The highest BCUT2D eigenvalue weighted by Crippen LogP contribution is 2.39. The predicted molar refractivity (Wildman–Crippen MR) is 80.6 cm³/mol. The van der Waals surface area contributed by atoms with Crippen LogP contribution in [0.1, 0.15) is 26.3 Å². The Kier molecular flexibility index (Phi) is 4.19. The zero-order valence-corrected chi connectivity index (χ0v) is 13.3. The van der Waals surface area contributed by atoms with E-state index in [0.717, 1.165) is 25.5 Å². The van der Waals surface area contributed by atoms with Gasteiger partial charge in [0.1, 0.15) is 0 Å². The highest BCUT2D eigenvalue weighted by Gasteiger charge is 2.17. The van der Waals surface area contributed by atoms with Crippen LogP contribution in [0.5, 0.6) is 0 Å². The maximum Gasteiger partial charge on any atom is 0.0931 e. The van der Waals surface area contributed by atoms with E-state index < -0.39 is 0 Å². The SMILES string of the molecule is Cc1sc(C(Cl)c2cccc(Cl)c2C)cc1Br. The third-order valence-electron chi connectivity index (χ3n) is 2.71. The average Bonchev–Trinajstić information content (AvgIpc) is 2.62. The predicted octanol–water partition coefficient (Wildman–Crippen LogP) is 6.11. The number of hydrogen-bond acceptors (Lipinski definition) is 1. The summed E-state index contributed by atoms with van der Waals surface area (Å²) in [5, 5.41) is 0.629. The van der Waals surface area contributed by atoms with Crippen LogP contribution < -0.4 is 0 Å². The lowest BCUT2D eigenvalue weighted by atomic mass is 10.0. The lowest BCUT2D eigenvalue weighted by Gasteiger charge is -2.12. The Morgan fingerprint density at radius 3 is 2.59 bits per heavy atom. The molecule has 0 bridgehead atoms. The first-order valence-electron chi connectivity index (χ1n) is 5.15. The summed E-state index contributed by atoms with van der Waals surface area (Å²) in [5.74, 6) is 0. The number of halogens is 3. The van der Waals surface area contributed by atoms with Gasteiger partial charge in [0, 0.05) is 19.2 Å². The Labute approximate surface area is 124 Å². The molecule has 0 amide bonds. The van der Waals surface area contributed by atoms with E-state index in [-0.39, 0.29) is 5.38 Å². The fraction of sp³-hybridized carbons (Fsp3) is 0.231. The Morgan fingerprint density at radius 1 is 1.29 bits per heavy atom. The molecule has 1 unspecified atom stereocenters. The van der Waals surface area contributed by atoms with Gasteiger partial charge in [0.15, 0.2) is 0 Å². The highest BCUT2D eigenvalue weighted by atomic mass is 79.9. The van der Waals surface area contributed by atoms with Gasteiger partial charge in [0.2, 0.25) is 0 Å². The zero-order chi connectivity index (χ0) is 12.6. The van der Waals surface area contributed by atoms with Crippen molar-refractivity contribution < 1.29 is 0 Å². The maximum absolute atomic E-state index is 6.53. The van der Waals surface area contributed by atoms with E-state index >= 15 is 0 Å². The van der Waals surface area contributed by atoms with Crippen LogP contribution in [0, 0.1) is 13.8 Å². The van der Waals surface area contributed by atoms with Crippen molar-refractivity contribution in [2.75, 3.05) is 0 Å². The van der Waals surface area contributed by atoms with Crippen LogP contribution >= 0.6 is 50.5 Å². The quantitative estimate of drug-likeness (QED) is 0.574. The van der Waals surface area contributed by atoms with Crippen molar-refractivity contribution in [1.82, 2.24) is 0 Å². The second-order valence-corrected chi connectivity index (χ2v) is 6.86. The molecule has 17 heavy (non-hydrogen) atoms. The van der Waals surface area contributed by atoms with Crippen LogP contribution in [-0.2, 0) is 0 Å². The molecule has 4 heteroatoms. The lowest BCUT2D eigenvalue weighted by Crippen LogP contribution is -1.94. The van der Waals surface area contributed by atoms with E-state index in [1.54, 1.807) is 11.3 Å². The number of thiophene rings is 1. The number of aryl methyl sites for hydroxylation is 1. The topological polar surface area (TPSA) is 0 Å². The van der Waals surface area contributed by atoms with Gasteiger partial charge in [-0.25, -0.2) is 0 Å². The van der Waals surface area contributed by atoms with Crippen molar-refractivity contribution >= 4 is 50.5 Å². The maximum atomic E-state index is 6.53. The summed E-state index contributed by atoms with van der Waals surface area (Å²) in [7, 11) is 0. The molecule has 1 aromatic heterocycles. The molecule has 0 saturated heterocycles. The second kappa shape index (κ2) is 5.31. The van der Waals surface area contributed by atoms with Crippen LogP contribution in [0.25, 0.3) is 0 Å². The van der Waals surface area contributed by atoms with Crippen molar-refractivity contribution in [3.05, 3.63) is 54.6 Å². The summed E-state index contributed by atoms with van der Waals surface area (Å²) in [5.41, 5.74) is 2.13. The van der Waals surface area contributed by atoms with Crippen LogP contribution in [0.2, 0.25) is 5.02 Å². The molecule has 90 valence electrons. The van der Waals surface area contributed by atoms with E-state index in [4.69, 9.17) is 23.2 Å². The third-order valence-corrected chi connectivity index (χ3v) is 5.92. The van der Waals surface area contributed by atoms with Gasteiger partial charge in [0.05, 0.1) is 5.38 Å².